The van der Waals surface area contributed by atoms with E-state index in [4.69, 9.17) is 0 Å². The molecule has 0 saturated heterocycles. The number of carbonyl (C=O) groups excluding carboxylic acids is 1. The number of nitrogens with one attached hydrogen (secondary N) is 1. The van der Waals surface area contributed by atoms with Gasteiger partial charge in [-0.15, -0.1) is 0 Å². The maximum absolute atomic E-state index is 11.9. The molecular formula is C12H19BrN2OS. The second kappa shape index (κ2) is 7.11. The van der Waals surface area contributed by atoms with Crippen LogP contribution in [0.15, 0.2) is 16.7 Å². The quantitative estimate of drug-likeness (QED) is 0.874. The van der Waals surface area contributed by atoms with Crippen LogP contribution in [0.4, 0.5) is 0 Å². The largest absolute Gasteiger partial charge is 0.351 e. The van der Waals surface area contributed by atoms with Crippen LogP contribution in [-0.4, -0.2) is 28.5 Å². The van der Waals surface area contributed by atoms with E-state index in [9.17, 15) is 4.79 Å². The number of hydrogen-bond donors (Lipinski definition) is 1. The van der Waals surface area contributed by atoms with Gasteiger partial charge in [0.1, 0.15) is 5.69 Å². The predicted molar refractivity (Wildman–Crippen MR) is 77.7 cm³/mol. The molecule has 1 heterocycles. The Labute approximate surface area is 115 Å². The van der Waals surface area contributed by atoms with Crippen molar-refractivity contribution in [1.29, 1.82) is 0 Å². The van der Waals surface area contributed by atoms with Gasteiger partial charge in [0.05, 0.1) is 0 Å². The van der Waals surface area contributed by atoms with Crippen LogP contribution >= 0.6 is 27.7 Å². The van der Waals surface area contributed by atoms with Gasteiger partial charge in [-0.25, -0.2) is 0 Å². The number of carbonyl (C=O) groups is 1. The summed E-state index contributed by atoms with van der Waals surface area (Å²) in [5, 5.41) is 3.54. The van der Waals surface area contributed by atoms with Gasteiger partial charge in [-0.1, -0.05) is 6.92 Å². The number of thioether (sulfide) groups is 1. The minimum Gasteiger partial charge on any atom is -0.351 e. The van der Waals surface area contributed by atoms with Crippen LogP contribution in [0.3, 0.4) is 0 Å². The van der Waals surface area contributed by atoms with E-state index in [1.54, 1.807) is 0 Å². The number of halogens is 1. The highest BCUT2D eigenvalue weighted by Crippen LogP contribution is 2.15. The van der Waals surface area contributed by atoms with Gasteiger partial charge < -0.3 is 9.88 Å². The molecule has 1 amide bonds. The van der Waals surface area contributed by atoms with E-state index in [2.05, 4.69) is 34.4 Å². The molecule has 0 aromatic carbocycles. The lowest BCUT2D eigenvalue weighted by Gasteiger charge is -2.10. The average Bonchev–Trinajstić information content (AvgIpc) is 2.70. The fourth-order valence-corrected chi connectivity index (χ4v) is 2.34. The van der Waals surface area contributed by atoms with Crippen LogP contribution in [0.5, 0.6) is 0 Å². The predicted octanol–water partition coefficient (Wildman–Crippen LogP) is 3.14. The second-order valence-electron chi connectivity index (χ2n) is 3.92. The minimum absolute atomic E-state index is 0.00542. The van der Waals surface area contributed by atoms with Crippen molar-refractivity contribution in [2.75, 3.05) is 12.8 Å². The highest BCUT2D eigenvalue weighted by atomic mass is 79.9. The first-order chi connectivity index (χ1) is 8.08. The Morgan fingerprint density at radius 1 is 1.65 bits per heavy atom. The van der Waals surface area contributed by atoms with Crippen LogP contribution in [0, 0.1) is 0 Å². The number of aryl methyl sites for hydroxylation is 1. The lowest BCUT2D eigenvalue weighted by atomic mass is 10.3. The lowest BCUT2D eigenvalue weighted by molar-refractivity contribution is 0.0944. The molecule has 1 aromatic rings. The van der Waals surface area contributed by atoms with Crippen LogP contribution in [-0.2, 0) is 6.54 Å². The minimum atomic E-state index is 0.00542. The van der Waals surface area contributed by atoms with E-state index in [0.717, 1.165) is 29.7 Å². The Morgan fingerprint density at radius 2 is 2.35 bits per heavy atom. The van der Waals surface area contributed by atoms with E-state index in [1.165, 1.54) is 0 Å². The van der Waals surface area contributed by atoms with Crippen molar-refractivity contribution in [3.05, 3.63) is 22.4 Å². The maximum Gasteiger partial charge on any atom is 0.267 e. The van der Waals surface area contributed by atoms with Gasteiger partial charge in [-0.2, -0.15) is 11.8 Å². The molecule has 0 radical (unpaired) electrons. The fraction of sp³-hybridized carbons (Fsp3) is 0.583. The second-order valence-corrected chi connectivity index (χ2v) is 6.11. The van der Waals surface area contributed by atoms with Crippen molar-refractivity contribution in [3.8, 4) is 0 Å². The fourth-order valence-electron chi connectivity index (χ4n) is 1.52. The van der Waals surface area contributed by atoms with E-state index in [1.807, 2.05) is 35.5 Å². The van der Waals surface area contributed by atoms with Crippen LogP contribution in [0.2, 0.25) is 0 Å². The molecule has 0 aliphatic heterocycles. The summed E-state index contributed by atoms with van der Waals surface area (Å²) in [5.74, 6) is 0.00542. The molecule has 5 heteroatoms. The summed E-state index contributed by atoms with van der Waals surface area (Å²) in [7, 11) is 0. The number of rotatable bonds is 6. The van der Waals surface area contributed by atoms with E-state index >= 15 is 0 Å². The van der Waals surface area contributed by atoms with Gasteiger partial charge in [0, 0.05) is 29.0 Å². The lowest BCUT2D eigenvalue weighted by Crippen LogP contribution is -2.27. The zero-order chi connectivity index (χ0) is 12.8. The number of hydrogen-bond acceptors (Lipinski definition) is 2. The third-order valence-electron chi connectivity index (χ3n) is 2.68. The van der Waals surface area contributed by atoms with Crippen molar-refractivity contribution in [2.24, 2.45) is 0 Å². The summed E-state index contributed by atoms with van der Waals surface area (Å²) < 4.78 is 2.89. The first kappa shape index (κ1) is 14.6. The Balaban J connectivity index is 2.52. The Hall–Kier alpha value is -0.420. The summed E-state index contributed by atoms with van der Waals surface area (Å²) in [6.07, 6.45) is 5.02. The molecule has 3 nitrogen and oxygen atoms in total. The number of aromatic nitrogens is 1. The first-order valence-corrected chi connectivity index (χ1v) is 7.83. The van der Waals surface area contributed by atoms with Gasteiger partial charge in [-0.05, 0) is 41.6 Å². The van der Waals surface area contributed by atoms with Crippen LogP contribution in [0.25, 0.3) is 0 Å². The standard InChI is InChI=1S/C12H19BrN2OS/c1-4-15-8-10(13)7-11(15)12(16)14-6-5-9(2)17-3/h7-9H,4-6H2,1-3H3,(H,14,16). The molecule has 96 valence electrons. The Kier molecular flexibility index (Phi) is 6.12. The maximum atomic E-state index is 11.9. The first-order valence-electron chi connectivity index (χ1n) is 5.75. The van der Waals surface area contributed by atoms with Gasteiger partial charge in [0.15, 0.2) is 0 Å². The van der Waals surface area contributed by atoms with Crippen LogP contribution < -0.4 is 5.32 Å². The normalized spacial score (nSPS) is 12.5. The Morgan fingerprint density at radius 3 is 2.94 bits per heavy atom. The smallest absolute Gasteiger partial charge is 0.267 e. The zero-order valence-electron chi connectivity index (χ0n) is 10.5. The van der Waals surface area contributed by atoms with Gasteiger partial charge in [0.25, 0.3) is 5.91 Å². The summed E-state index contributed by atoms with van der Waals surface area (Å²) in [6, 6.07) is 1.86. The molecule has 0 spiro atoms. The zero-order valence-corrected chi connectivity index (χ0v) is 12.9. The Bertz CT molecular complexity index is 379. The molecule has 0 bridgehead atoms. The number of nitrogens with zero attached hydrogens (tertiary/aromatic N) is 1. The molecular weight excluding hydrogens is 300 g/mol. The van der Waals surface area contributed by atoms with E-state index in [-0.39, 0.29) is 5.91 Å². The van der Waals surface area contributed by atoms with E-state index in [0.29, 0.717) is 5.25 Å². The molecule has 0 aliphatic rings. The number of amides is 1. The van der Waals surface area contributed by atoms with Gasteiger partial charge >= 0.3 is 0 Å². The SMILES string of the molecule is CCn1cc(Br)cc1C(=O)NCCC(C)SC. The molecule has 0 fully saturated rings. The third kappa shape index (κ3) is 4.39. The topological polar surface area (TPSA) is 34.0 Å². The molecule has 1 N–H and O–H groups in total. The molecule has 17 heavy (non-hydrogen) atoms. The summed E-state index contributed by atoms with van der Waals surface area (Å²) in [6.45, 7) is 5.73. The molecule has 1 aromatic heterocycles. The van der Waals surface area contributed by atoms with Crippen molar-refractivity contribution in [2.45, 2.75) is 32.1 Å². The van der Waals surface area contributed by atoms with Crippen molar-refractivity contribution in [1.82, 2.24) is 9.88 Å². The van der Waals surface area contributed by atoms with Gasteiger partial charge in [-0.3, -0.25) is 4.79 Å². The summed E-state index contributed by atoms with van der Waals surface area (Å²) >= 11 is 5.21. The molecule has 0 aliphatic carbocycles. The molecule has 0 saturated carbocycles. The van der Waals surface area contributed by atoms with Crippen molar-refractivity contribution in [3.63, 3.8) is 0 Å². The van der Waals surface area contributed by atoms with Crippen molar-refractivity contribution >= 4 is 33.6 Å². The van der Waals surface area contributed by atoms with E-state index < -0.39 is 0 Å². The summed E-state index contributed by atoms with van der Waals surface area (Å²) in [5.41, 5.74) is 0.719. The van der Waals surface area contributed by atoms with Gasteiger partial charge in [0.2, 0.25) is 0 Å². The summed E-state index contributed by atoms with van der Waals surface area (Å²) in [4.78, 5) is 11.9. The van der Waals surface area contributed by atoms with Crippen molar-refractivity contribution < 1.29 is 4.79 Å². The highest BCUT2D eigenvalue weighted by molar-refractivity contribution is 9.10. The molecule has 1 atom stereocenters. The highest BCUT2D eigenvalue weighted by Gasteiger charge is 2.11. The third-order valence-corrected chi connectivity index (χ3v) is 4.15. The monoisotopic (exact) mass is 318 g/mol. The molecule has 1 rings (SSSR count). The average molecular weight is 319 g/mol. The molecule has 1 unspecified atom stereocenters. The van der Waals surface area contributed by atoms with Crippen LogP contribution in [0.1, 0.15) is 30.8 Å².